The van der Waals surface area contributed by atoms with Gasteiger partial charge in [0.05, 0.1) is 18.2 Å². The highest BCUT2D eigenvalue weighted by Crippen LogP contribution is 2.42. The second kappa shape index (κ2) is 9.98. The highest BCUT2D eigenvalue weighted by Gasteiger charge is 2.33. The van der Waals surface area contributed by atoms with Gasteiger partial charge in [-0.3, -0.25) is 5.84 Å². The maximum absolute atomic E-state index is 13.3. The van der Waals surface area contributed by atoms with Crippen LogP contribution in [0.15, 0.2) is 66.7 Å². The molecule has 2 aliphatic rings. The summed E-state index contributed by atoms with van der Waals surface area (Å²) in [6, 6.07) is 19.9. The van der Waals surface area contributed by atoms with E-state index in [4.69, 9.17) is 10.6 Å². The zero-order valence-corrected chi connectivity index (χ0v) is 19.5. The Kier molecular flexibility index (Phi) is 7.22. The summed E-state index contributed by atoms with van der Waals surface area (Å²) in [7, 11) is 0. The van der Waals surface area contributed by atoms with Gasteiger partial charge in [0.2, 0.25) is 0 Å². The van der Waals surface area contributed by atoms with Crippen LogP contribution in [0.2, 0.25) is 0 Å². The summed E-state index contributed by atoms with van der Waals surface area (Å²) in [5.41, 5.74) is 4.06. The third-order valence-electron chi connectivity index (χ3n) is 6.80. The average molecular weight is 489 g/mol. The predicted octanol–water partition coefficient (Wildman–Crippen LogP) is 6.60. The molecule has 0 spiro atoms. The van der Waals surface area contributed by atoms with Crippen LogP contribution in [0.3, 0.4) is 0 Å². The standard InChI is InChI=1S/C27H27F3N2O.ClH/c28-27(29,30)24-10-4-8-19(17-24)22-15-21-11-13-33-26(21)23(16-22)14-20-9-5-12-32(31)25(20)18-6-2-1-3-7-18;/h1-4,6-8,10,15-17,20,25H,5,9,11-14,31H2;1H/t20-,25+;/m0./s1. The van der Waals surface area contributed by atoms with E-state index in [0.717, 1.165) is 60.7 Å². The lowest BCUT2D eigenvalue weighted by Gasteiger charge is -2.39. The van der Waals surface area contributed by atoms with Crippen molar-refractivity contribution in [2.45, 2.75) is 37.9 Å². The third-order valence-corrected chi connectivity index (χ3v) is 6.80. The van der Waals surface area contributed by atoms with E-state index in [2.05, 4.69) is 12.1 Å². The van der Waals surface area contributed by atoms with Gasteiger partial charge in [0.15, 0.2) is 0 Å². The minimum atomic E-state index is -4.37. The van der Waals surface area contributed by atoms with Crippen molar-refractivity contribution in [2.24, 2.45) is 11.8 Å². The number of rotatable bonds is 4. The maximum atomic E-state index is 13.3. The van der Waals surface area contributed by atoms with Crippen molar-refractivity contribution in [2.75, 3.05) is 13.2 Å². The fourth-order valence-corrected chi connectivity index (χ4v) is 5.30. The minimum absolute atomic E-state index is 0. The number of piperidine rings is 1. The topological polar surface area (TPSA) is 38.5 Å². The van der Waals surface area contributed by atoms with Gasteiger partial charge < -0.3 is 4.74 Å². The van der Waals surface area contributed by atoms with Crippen LogP contribution in [0.5, 0.6) is 5.75 Å². The molecule has 2 atom stereocenters. The van der Waals surface area contributed by atoms with Crippen molar-refractivity contribution in [3.05, 3.63) is 89.0 Å². The average Bonchev–Trinajstić information content (AvgIpc) is 3.28. The minimum Gasteiger partial charge on any atom is -0.493 e. The summed E-state index contributed by atoms with van der Waals surface area (Å²) in [4.78, 5) is 0. The molecule has 34 heavy (non-hydrogen) atoms. The van der Waals surface area contributed by atoms with E-state index in [1.165, 1.54) is 17.7 Å². The molecule has 5 rings (SSSR count). The lowest BCUT2D eigenvalue weighted by molar-refractivity contribution is -0.137. The van der Waals surface area contributed by atoms with Gasteiger partial charge in [-0.05, 0) is 77.3 Å². The summed E-state index contributed by atoms with van der Waals surface area (Å²) in [6.07, 6.45) is -0.779. The summed E-state index contributed by atoms with van der Waals surface area (Å²) in [5.74, 6) is 7.62. The van der Waals surface area contributed by atoms with Gasteiger partial charge >= 0.3 is 6.18 Å². The molecule has 180 valence electrons. The lowest BCUT2D eigenvalue weighted by Crippen LogP contribution is -2.44. The number of hydrogen-bond donors (Lipinski definition) is 1. The van der Waals surface area contributed by atoms with Gasteiger partial charge in [0.1, 0.15) is 5.75 Å². The molecule has 0 bridgehead atoms. The fraction of sp³-hybridized carbons (Fsp3) is 0.333. The second-order valence-corrected chi connectivity index (χ2v) is 9.00. The largest absolute Gasteiger partial charge is 0.493 e. The quantitative estimate of drug-likeness (QED) is 0.420. The smallest absolute Gasteiger partial charge is 0.416 e. The number of hydrogen-bond acceptors (Lipinski definition) is 3. The number of ether oxygens (including phenoxy) is 1. The Morgan fingerprint density at radius 1 is 0.971 bits per heavy atom. The molecule has 0 radical (unpaired) electrons. The molecule has 0 unspecified atom stereocenters. The van der Waals surface area contributed by atoms with Crippen molar-refractivity contribution in [1.29, 1.82) is 0 Å². The van der Waals surface area contributed by atoms with E-state index in [1.807, 2.05) is 35.3 Å². The van der Waals surface area contributed by atoms with Gasteiger partial charge in [-0.15, -0.1) is 12.4 Å². The molecule has 0 amide bonds. The number of nitrogens with two attached hydrogens (primary N) is 1. The predicted molar refractivity (Wildman–Crippen MR) is 130 cm³/mol. The lowest BCUT2D eigenvalue weighted by atomic mass is 9.80. The molecule has 3 aromatic rings. The van der Waals surface area contributed by atoms with E-state index >= 15 is 0 Å². The number of halogens is 4. The third kappa shape index (κ3) is 4.95. The van der Waals surface area contributed by atoms with Gasteiger partial charge in [0.25, 0.3) is 0 Å². The van der Waals surface area contributed by atoms with Crippen LogP contribution in [-0.4, -0.2) is 18.2 Å². The van der Waals surface area contributed by atoms with Crippen molar-refractivity contribution in [3.63, 3.8) is 0 Å². The van der Waals surface area contributed by atoms with E-state index in [9.17, 15) is 13.2 Å². The van der Waals surface area contributed by atoms with Crippen molar-refractivity contribution in [3.8, 4) is 16.9 Å². The zero-order chi connectivity index (χ0) is 23.0. The van der Waals surface area contributed by atoms with Gasteiger partial charge in [0, 0.05) is 13.0 Å². The Hall–Kier alpha value is -2.54. The van der Waals surface area contributed by atoms with E-state index in [1.54, 1.807) is 6.07 Å². The molecule has 3 nitrogen and oxygen atoms in total. The number of hydrazine groups is 1. The van der Waals surface area contributed by atoms with Crippen LogP contribution in [0, 0.1) is 5.92 Å². The summed E-state index contributed by atoms with van der Waals surface area (Å²) in [6.45, 7) is 1.44. The molecule has 2 N–H and O–H groups in total. The molecule has 2 aliphatic heterocycles. The molecule has 7 heteroatoms. The normalized spacial score (nSPS) is 20.4. The highest BCUT2D eigenvalue weighted by molar-refractivity contribution is 5.85. The van der Waals surface area contributed by atoms with Crippen LogP contribution >= 0.6 is 12.4 Å². The highest BCUT2D eigenvalue weighted by atomic mass is 35.5. The molecule has 3 aromatic carbocycles. The van der Waals surface area contributed by atoms with E-state index < -0.39 is 11.7 Å². The zero-order valence-electron chi connectivity index (χ0n) is 18.7. The Bertz CT molecular complexity index is 1140. The molecular weight excluding hydrogens is 461 g/mol. The van der Waals surface area contributed by atoms with Crippen LogP contribution in [0.25, 0.3) is 11.1 Å². The monoisotopic (exact) mass is 488 g/mol. The molecular formula is C27H28ClF3N2O. The van der Waals surface area contributed by atoms with Gasteiger partial charge in [-0.25, -0.2) is 5.01 Å². The summed E-state index contributed by atoms with van der Waals surface area (Å²) >= 11 is 0. The summed E-state index contributed by atoms with van der Waals surface area (Å²) < 4.78 is 45.9. The molecule has 1 fully saturated rings. The molecule has 2 heterocycles. The van der Waals surface area contributed by atoms with E-state index in [-0.39, 0.29) is 24.4 Å². The van der Waals surface area contributed by atoms with Crippen molar-refractivity contribution < 1.29 is 17.9 Å². The van der Waals surface area contributed by atoms with Crippen LogP contribution in [0.1, 0.15) is 41.1 Å². The number of alkyl halides is 3. The van der Waals surface area contributed by atoms with Gasteiger partial charge in [-0.1, -0.05) is 42.5 Å². The van der Waals surface area contributed by atoms with Crippen LogP contribution < -0.4 is 10.6 Å². The molecule has 0 aliphatic carbocycles. The molecule has 0 aromatic heterocycles. The van der Waals surface area contributed by atoms with Crippen molar-refractivity contribution in [1.82, 2.24) is 5.01 Å². The second-order valence-electron chi connectivity index (χ2n) is 9.00. The first-order chi connectivity index (χ1) is 15.9. The molecule has 0 saturated carbocycles. The maximum Gasteiger partial charge on any atom is 0.416 e. The fourth-order valence-electron chi connectivity index (χ4n) is 5.30. The first kappa shape index (κ1) is 24.6. The van der Waals surface area contributed by atoms with Crippen LogP contribution in [-0.2, 0) is 19.0 Å². The Labute approximate surface area is 204 Å². The van der Waals surface area contributed by atoms with Crippen molar-refractivity contribution >= 4 is 12.4 Å². The number of nitrogens with zero attached hydrogens (tertiary/aromatic N) is 1. The first-order valence-electron chi connectivity index (χ1n) is 11.4. The Morgan fingerprint density at radius 2 is 1.76 bits per heavy atom. The first-order valence-corrected chi connectivity index (χ1v) is 11.4. The Morgan fingerprint density at radius 3 is 2.53 bits per heavy atom. The van der Waals surface area contributed by atoms with Crippen LogP contribution in [0.4, 0.5) is 13.2 Å². The number of benzene rings is 3. The van der Waals surface area contributed by atoms with E-state index in [0.29, 0.717) is 12.2 Å². The summed E-state index contributed by atoms with van der Waals surface area (Å²) in [5, 5.41) is 1.93. The SMILES string of the molecule is Cl.NN1CCC[C@@H](Cc2cc(-c3cccc(C(F)(F)F)c3)cc3c2OCC3)[C@H]1c1ccccc1. The Balaban J connectivity index is 0.00000274. The molecule has 1 saturated heterocycles. The number of fused-ring (bicyclic) bond motifs is 1. The van der Waals surface area contributed by atoms with Gasteiger partial charge in [-0.2, -0.15) is 13.2 Å².